The number of hydrogen-bond donors (Lipinski definition) is 0. The molecule has 5 rings (SSSR count). The van der Waals surface area contributed by atoms with Gasteiger partial charge in [0.05, 0.1) is 36.3 Å². The second kappa shape index (κ2) is 12.2. The van der Waals surface area contributed by atoms with Gasteiger partial charge in [-0.3, -0.25) is 4.79 Å². The molecule has 42 heavy (non-hydrogen) atoms. The number of rotatable bonds is 7. The summed E-state index contributed by atoms with van der Waals surface area (Å²) in [6.07, 6.45) is -0.545. The first-order valence-corrected chi connectivity index (χ1v) is 14.3. The van der Waals surface area contributed by atoms with Crippen molar-refractivity contribution in [2.45, 2.75) is 57.4 Å². The highest BCUT2D eigenvalue weighted by Crippen LogP contribution is 2.41. The van der Waals surface area contributed by atoms with Crippen LogP contribution in [0, 0.1) is 18.3 Å². The number of hydrogen-bond acceptors (Lipinski definition) is 8. The predicted molar refractivity (Wildman–Crippen MR) is 152 cm³/mol. The predicted octanol–water partition coefficient (Wildman–Crippen LogP) is 3.96. The maximum Gasteiger partial charge on any atom is 0.418 e. The first-order valence-electron chi connectivity index (χ1n) is 14.3. The van der Waals surface area contributed by atoms with Gasteiger partial charge in [-0.15, -0.1) is 0 Å². The largest absolute Gasteiger partial charge is 0.462 e. The van der Waals surface area contributed by atoms with Crippen molar-refractivity contribution < 1.29 is 22.7 Å². The Morgan fingerprint density at radius 2 is 2.00 bits per heavy atom. The molecule has 9 nitrogen and oxygen atoms in total. The van der Waals surface area contributed by atoms with Gasteiger partial charge in [-0.05, 0) is 57.5 Å². The molecule has 4 heterocycles. The van der Waals surface area contributed by atoms with E-state index in [-0.39, 0.29) is 48.2 Å². The standard InChI is InChI=1S/C30H36F3N7O2/c1-4-26(41)40-16-15-39(17-21(40)10-12-34)28-23-11-14-38(25-9-5-7-20(2)27(25)30(31,32)33)18-24(23)35-29(36-28)42-19-22-8-6-13-37(22)3/h4-5,7,9,21-22H,1,6,8,10-11,13-19H2,2-3H3. The summed E-state index contributed by atoms with van der Waals surface area (Å²) in [6.45, 7) is 8.27. The lowest BCUT2D eigenvalue weighted by Crippen LogP contribution is -2.55. The molecule has 1 aromatic heterocycles. The molecule has 2 aromatic rings. The summed E-state index contributed by atoms with van der Waals surface area (Å²) in [5.74, 6) is 0.432. The van der Waals surface area contributed by atoms with Gasteiger partial charge < -0.3 is 24.3 Å². The van der Waals surface area contributed by atoms with Crippen molar-refractivity contribution in [1.29, 1.82) is 5.26 Å². The fraction of sp³-hybridized carbons (Fsp3) is 0.533. The number of benzene rings is 1. The molecule has 224 valence electrons. The molecule has 0 saturated carbocycles. The highest BCUT2D eigenvalue weighted by atomic mass is 19.4. The molecule has 2 saturated heterocycles. The van der Waals surface area contributed by atoms with Crippen LogP contribution in [0.3, 0.4) is 0 Å². The first-order chi connectivity index (χ1) is 20.1. The molecular formula is C30H36F3N7O2. The van der Waals surface area contributed by atoms with E-state index in [0.717, 1.165) is 24.9 Å². The molecule has 3 aliphatic heterocycles. The van der Waals surface area contributed by atoms with Crippen LogP contribution in [0.15, 0.2) is 30.9 Å². The van der Waals surface area contributed by atoms with Crippen LogP contribution in [0.1, 0.15) is 41.6 Å². The van der Waals surface area contributed by atoms with Crippen LogP contribution in [0.2, 0.25) is 0 Å². The Balaban J connectivity index is 1.49. The van der Waals surface area contributed by atoms with Crippen LogP contribution in [-0.2, 0) is 23.9 Å². The summed E-state index contributed by atoms with van der Waals surface area (Å²) in [6, 6.07) is 6.89. The average molecular weight is 584 g/mol. The molecular weight excluding hydrogens is 547 g/mol. The van der Waals surface area contributed by atoms with Gasteiger partial charge >= 0.3 is 12.2 Å². The molecule has 3 aliphatic rings. The molecule has 0 bridgehead atoms. The third kappa shape index (κ3) is 6.02. The minimum atomic E-state index is -4.49. The van der Waals surface area contributed by atoms with Gasteiger partial charge in [-0.25, -0.2) is 0 Å². The zero-order valence-electron chi connectivity index (χ0n) is 24.0. The maximum atomic E-state index is 14.1. The number of aromatic nitrogens is 2. The van der Waals surface area contributed by atoms with Crippen molar-refractivity contribution in [1.82, 2.24) is 19.8 Å². The Labute approximate surface area is 244 Å². The smallest absolute Gasteiger partial charge is 0.418 e. The summed E-state index contributed by atoms with van der Waals surface area (Å²) in [5, 5.41) is 9.45. The van der Waals surface area contributed by atoms with Gasteiger partial charge in [-0.1, -0.05) is 18.7 Å². The number of carbonyl (C=O) groups is 1. The summed E-state index contributed by atoms with van der Waals surface area (Å²) in [5.41, 5.74) is 1.16. The lowest BCUT2D eigenvalue weighted by molar-refractivity contribution is -0.137. The molecule has 0 spiro atoms. The molecule has 0 aliphatic carbocycles. The van der Waals surface area contributed by atoms with E-state index in [1.54, 1.807) is 15.9 Å². The van der Waals surface area contributed by atoms with Gasteiger partial charge in [-0.2, -0.15) is 28.4 Å². The quantitative estimate of drug-likeness (QED) is 0.453. The van der Waals surface area contributed by atoms with Crippen LogP contribution in [0.4, 0.5) is 24.7 Å². The van der Waals surface area contributed by atoms with E-state index in [9.17, 15) is 23.2 Å². The first kappa shape index (κ1) is 29.6. The fourth-order valence-electron chi connectivity index (χ4n) is 6.30. The molecule has 2 atom stereocenters. The molecule has 2 fully saturated rings. The Hall–Kier alpha value is -3.85. The Bertz CT molecular complexity index is 1380. The number of anilines is 2. The summed E-state index contributed by atoms with van der Waals surface area (Å²) < 4.78 is 48.4. The summed E-state index contributed by atoms with van der Waals surface area (Å²) in [7, 11) is 2.05. The van der Waals surface area contributed by atoms with E-state index in [1.165, 1.54) is 25.1 Å². The zero-order valence-corrected chi connectivity index (χ0v) is 24.0. The molecule has 1 aromatic carbocycles. The van der Waals surface area contributed by atoms with Crippen molar-refractivity contribution >= 4 is 17.4 Å². The Kier molecular flexibility index (Phi) is 8.59. The van der Waals surface area contributed by atoms with E-state index in [4.69, 9.17) is 14.7 Å². The van der Waals surface area contributed by atoms with Gasteiger partial charge in [0.2, 0.25) is 5.91 Å². The van der Waals surface area contributed by atoms with Gasteiger partial charge in [0, 0.05) is 43.5 Å². The topological polar surface area (TPSA) is 88.8 Å². The lowest BCUT2D eigenvalue weighted by atomic mass is 10.00. The van der Waals surface area contributed by atoms with Crippen LogP contribution < -0.4 is 14.5 Å². The number of likely N-dealkylation sites (N-methyl/N-ethyl adjacent to an activating group) is 1. The second-order valence-electron chi connectivity index (χ2n) is 11.2. The highest BCUT2D eigenvalue weighted by molar-refractivity contribution is 5.87. The van der Waals surface area contributed by atoms with Crippen LogP contribution in [-0.4, -0.2) is 84.1 Å². The number of piperazine rings is 1. The van der Waals surface area contributed by atoms with Crippen molar-refractivity contribution in [3.8, 4) is 12.1 Å². The minimum Gasteiger partial charge on any atom is -0.462 e. The lowest BCUT2D eigenvalue weighted by Gasteiger charge is -2.42. The molecule has 1 amide bonds. The number of carbonyl (C=O) groups excluding carboxylic acids is 1. The van der Waals surface area contributed by atoms with Gasteiger partial charge in [0.1, 0.15) is 12.4 Å². The number of alkyl halides is 3. The summed E-state index contributed by atoms with van der Waals surface area (Å²) >= 11 is 0. The number of nitriles is 1. The second-order valence-corrected chi connectivity index (χ2v) is 11.2. The van der Waals surface area contributed by atoms with Gasteiger partial charge in [0.25, 0.3) is 0 Å². The normalized spacial score (nSPS) is 21.2. The van der Waals surface area contributed by atoms with E-state index in [0.29, 0.717) is 50.7 Å². The number of ether oxygens (including phenoxy) is 1. The average Bonchev–Trinajstić information content (AvgIpc) is 3.38. The molecule has 0 radical (unpaired) electrons. The van der Waals surface area contributed by atoms with Crippen molar-refractivity contribution in [3.05, 3.63) is 53.2 Å². The Morgan fingerprint density at radius 3 is 2.69 bits per heavy atom. The molecule has 12 heteroatoms. The van der Waals surface area contributed by atoms with Crippen molar-refractivity contribution in [2.75, 3.05) is 56.2 Å². The fourth-order valence-corrected chi connectivity index (χ4v) is 6.30. The zero-order chi connectivity index (χ0) is 30.0. The van der Waals surface area contributed by atoms with Crippen LogP contribution in [0.5, 0.6) is 6.01 Å². The number of nitrogens with zero attached hydrogens (tertiary/aromatic N) is 7. The number of aryl methyl sites for hydroxylation is 1. The number of likely N-dealkylation sites (tertiary alicyclic amines) is 1. The number of halogens is 3. The summed E-state index contributed by atoms with van der Waals surface area (Å²) in [4.78, 5) is 29.7. The monoisotopic (exact) mass is 583 g/mol. The third-order valence-electron chi connectivity index (χ3n) is 8.54. The van der Waals surface area contributed by atoms with E-state index >= 15 is 0 Å². The van der Waals surface area contributed by atoms with E-state index < -0.39 is 11.7 Å². The van der Waals surface area contributed by atoms with Crippen LogP contribution >= 0.6 is 0 Å². The van der Waals surface area contributed by atoms with Gasteiger partial charge in [0.15, 0.2) is 0 Å². The minimum absolute atomic E-state index is 0.133. The number of amides is 1. The third-order valence-corrected chi connectivity index (χ3v) is 8.54. The van der Waals surface area contributed by atoms with E-state index in [1.807, 2.05) is 4.90 Å². The Morgan fingerprint density at radius 1 is 1.19 bits per heavy atom. The maximum absolute atomic E-state index is 14.1. The SMILES string of the molecule is C=CC(=O)N1CCN(c2nc(OCC3CCCN3C)nc3c2CCN(c2cccc(C)c2C(F)(F)F)C3)CC1CC#N. The van der Waals surface area contributed by atoms with E-state index in [2.05, 4.69) is 24.6 Å². The molecule has 2 unspecified atom stereocenters. The van der Waals surface area contributed by atoms with Crippen molar-refractivity contribution in [2.24, 2.45) is 0 Å². The van der Waals surface area contributed by atoms with Crippen LogP contribution in [0.25, 0.3) is 0 Å². The highest BCUT2D eigenvalue weighted by Gasteiger charge is 2.38. The number of fused-ring (bicyclic) bond motifs is 1. The van der Waals surface area contributed by atoms with Crippen molar-refractivity contribution in [3.63, 3.8) is 0 Å². The molecule has 0 N–H and O–H groups in total.